The van der Waals surface area contributed by atoms with Crippen molar-refractivity contribution in [1.29, 1.82) is 0 Å². The van der Waals surface area contributed by atoms with Crippen LogP contribution in [0.2, 0.25) is 0 Å². The number of carbonyl (C=O) groups is 1. The molecule has 0 N–H and O–H groups in total. The predicted octanol–water partition coefficient (Wildman–Crippen LogP) is 0.949. The number of piperazine rings is 1. The third kappa shape index (κ3) is 1.70. The van der Waals surface area contributed by atoms with Crippen molar-refractivity contribution in [3.05, 3.63) is 0 Å². The van der Waals surface area contributed by atoms with E-state index in [2.05, 4.69) is 11.8 Å². The van der Waals surface area contributed by atoms with Crippen LogP contribution in [0.4, 0.5) is 0 Å². The standard InChI is InChI=1S/C10H20N2O/c1-5-11-7-8-12(6-2)10(3,4)9(11)13/h5-8H2,1-4H3. The van der Waals surface area contributed by atoms with Gasteiger partial charge < -0.3 is 4.90 Å². The van der Waals surface area contributed by atoms with Gasteiger partial charge in [0.15, 0.2) is 0 Å². The lowest BCUT2D eigenvalue weighted by Crippen LogP contribution is -2.62. The monoisotopic (exact) mass is 184 g/mol. The molecule has 3 nitrogen and oxygen atoms in total. The first-order valence-electron chi connectivity index (χ1n) is 5.08. The van der Waals surface area contributed by atoms with E-state index in [1.54, 1.807) is 0 Å². The zero-order chi connectivity index (χ0) is 10.1. The molecule has 0 bridgehead atoms. The molecule has 13 heavy (non-hydrogen) atoms. The van der Waals surface area contributed by atoms with Gasteiger partial charge in [0.05, 0.1) is 5.54 Å². The largest absolute Gasteiger partial charge is 0.340 e. The maximum absolute atomic E-state index is 11.9. The van der Waals surface area contributed by atoms with Crippen LogP contribution in [-0.2, 0) is 4.79 Å². The molecule has 1 saturated heterocycles. The Morgan fingerprint density at radius 1 is 1.23 bits per heavy atom. The maximum Gasteiger partial charge on any atom is 0.242 e. The highest BCUT2D eigenvalue weighted by molar-refractivity contribution is 5.86. The average Bonchev–Trinajstić information content (AvgIpc) is 2.09. The van der Waals surface area contributed by atoms with E-state index in [4.69, 9.17) is 0 Å². The lowest BCUT2D eigenvalue weighted by molar-refractivity contribution is -0.148. The minimum Gasteiger partial charge on any atom is -0.340 e. The number of nitrogens with zero attached hydrogens (tertiary/aromatic N) is 2. The van der Waals surface area contributed by atoms with Crippen LogP contribution in [0.1, 0.15) is 27.7 Å². The molecular formula is C10H20N2O. The first-order chi connectivity index (χ1) is 6.04. The smallest absolute Gasteiger partial charge is 0.242 e. The van der Waals surface area contributed by atoms with Crippen molar-refractivity contribution < 1.29 is 4.79 Å². The molecule has 76 valence electrons. The molecule has 1 amide bonds. The number of hydrogen-bond acceptors (Lipinski definition) is 2. The van der Waals surface area contributed by atoms with Crippen molar-refractivity contribution in [3.63, 3.8) is 0 Å². The van der Waals surface area contributed by atoms with Gasteiger partial charge in [-0.2, -0.15) is 0 Å². The third-order valence-electron chi connectivity index (χ3n) is 3.00. The fourth-order valence-electron chi connectivity index (χ4n) is 2.00. The molecule has 0 saturated carbocycles. The summed E-state index contributed by atoms with van der Waals surface area (Å²) in [6.45, 7) is 11.8. The van der Waals surface area contributed by atoms with Crippen LogP contribution in [0.25, 0.3) is 0 Å². The third-order valence-corrected chi connectivity index (χ3v) is 3.00. The molecular weight excluding hydrogens is 164 g/mol. The van der Waals surface area contributed by atoms with E-state index in [1.807, 2.05) is 25.7 Å². The summed E-state index contributed by atoms with van der Waals surface area (Å²) in [6, 6.07) is 0. The Kier molecular flexibility index (Phi) is 2.96. The number of amides is 1. The molecule has 1 fully saturated rings. The van der Waals surface area contributed by atoms with Gasteiger partial charge >= 0.3 is 0 Å². The molecule has 0 spiro atoms. The number of carbonyl (C=O) groups excluding carboxylic acids is 1. The lowest BCUT2D eigenvalue weighted by atomic mass is 9.97. The second-order valence-electron chi connectivity index (χ2n) is 4.02. The Morgan fingerprint density at radius 2 is 1.85 bits per heavy atom. The summed E-state index contributed by atoms with van der Waals surface area (Å²) >= 11 is 0. The molecule has 0 radical (unpaired) electrons. The summed E-state index contributed by atoms with van der Waals surface area (Å²) in [7, 11) is 0. The molecule has 0 aliphatic carbocycles. The number of likely N-dealkylation sites (N-methyl/N-ethyl adjacent to an activating group) is 2. The van der Waals surface area contributed by atoms with Crippen molar-refractivity contribution in [3.8, 4) is 0 Å². The summed E-state index contributed by atoms with van der Waals surface area (Å²) in [5, 5.41) is 0. The number of rotatable bonds is 2. The summed E-state index contributed by atoms with van der Waals surface area (Å²) in [6.07, 6.45) is 0. The van der Waals surface area contributed by atoms with E-state index in [0.29, 0.717) is 0 Å². The van der Waals surface area contributed by atoms with Crippen LogP contribution >= 0.6 is 0 Å². The molecule has 0 aromatic heterocycles. The zero-order valence-electron chi connectivity index (χ0n) is 9.13. The number of hydrogen-bond donors (Lipinski definition) is 0. The molecule has 0 unspecified atom stereocenters. The normalized spacial score (nSPS) is 23.7. The summed E-state index contributed by atoms with van der Waals surface area (Å²) in [5.74, 6) is 0.267. The van der Waals surface area contributed by atoms with Gasteiger partial charge in [-0.1, -0.05) is 6.92 Å². The minimum atomic E-state index is -0.303. The second-order valence-corrected chi connectivity index (χ2v) is 4.02. The highest BCUT2D eigenvalue weighted by Crippen LogP contribution is 2.21. The van der Waals surface area contributed by atoms with E-state index in [1.165, 1.54) is 0 Å². The van der Waals surface area contributed by atoms with Crippen molar-refractivity contribution in [1.82, 2.24) is 9.80 Å². The van der Waals surface area contributed by atoms with Crippen LogP contribution in [0.5, 0.6) is 0 Å². The lowest BCUT2D eigenvalue weighted by Gasteiger charge is -2.45. The maximum atomic E-state index is 11.9. The van der Waals surface area contributed by atoms with Crippen molar-refractivity contribution in [2.24, 2.45) is 0 Å². The van der Waals surface area contributed by atoms with Crippen LogP contribution in [0.3, 0.4) is 0 Å². The Bertz CT molecular complexity index is 201. The van der Waals surface area contributed by atoms with Crippen molar-refractivity contribution >= 4 is 5.91 Å². The molecule has 0 aromatic carbocycles. The van der Waals surface area contributed by atoms with Crippen LogP contribution < -0.4 is 0 Å². The second kappa shape index (κ2) is 3.66. The molecule has 1 heterocycles. The van der Waals surface area contributed by atoms with Crippen molar-refractivity contribution in [2.45, 2.75) is 33.2 Å². The van der Waals surface area contributed by atoms with Gasteiger partial charge in [-0.25, -0.2) is 0 Å². The highest BCUT2D eigenvalue weighted by Gasteiger charge is 2.39. The van der Waals surface area contributed by atoms with Gasteiger partial charge in [0.25, 0.3) is 0 Å². The highest BCUT2D eigenvalue weighted by atomic mass is 16.2. The van der Waals surface area contributed by atoms with Gasteiger partial charge in [0, 0.05) is 19.6 Å². The Morgan fingerprint density at radius 3 is 2.31 bits per heavy atom. The molecule has 1 aliphatic heterocycles. The van der Waals surface area contributed by atoms with E-state index in [0.717, 1.165) is 26.2 Å². The van der Waals surface area contributed by atoms with Gasteiger partial charge in [-0.05, 0) is 27.3 Å². The Hall–Kier alpha value is -0.570. The quantitative estimate of drug-likeness (QED) is 0.638. The summed E-state index contributed by atoms with van der Waals surface area (Å²) < 4.78 is 0. The Balaban J connectivity index is 2.79. The molecule has 1 aliphatic rings. The SMILES string of the molecule is CCN1CCN(CC)C(C)(C)C1=O. The van der Waals surface area contributed by atoms with Gasteiger partial charge in [0.2, 0.25) is 5.91 Å². The average molecular weight is 184 g/mol. The zero-order valence-corrected chi connectivity index (χ0v) is 9.13. The first kappa shape index (κ1) is 10.5. The van der Waals surface area contributed by atoms with Crippen molar-refractivity contribution in [2.75, 3.05) is 26.2 Å². The van der Waals surface area contributed by atoms with E-state index in [-0.39, 0.29) is 11.4 Å². The topological polar surface area (TPSA) is 23.6 Å². The van der Waals surface area contributed by atoms with Gasteiger partial charge in [0.1, 0.15) is 0 Å². The fraction of sp³-hybridized carbons (Fsp3) is 0.900. The summed E-state index contributed by atoms with van der Waals surface area (Å²) in [5.41, 5.74) is -0.303. The van der Waals surface area contributed by atoms with Crippen LogP contribution in [-0.4, -0.2) is 47.4 Å². The first-order valence-corrected chi connectivity index (χ1v) is 5.08. The van der Waals surface area contributed by atoms with Crippen LogP contribution in [0.15, 0.2) is 0 Å². The molecule has 1 rings (SSSR count). The molecule has 3 heteroatoms. The van der Waals surface area contributed by atoms with E-state index < -0.39 is 0 Å². The van der Waals surface area contributed by atoms with Gasteiger partial charge in [-0.15, -0.1) is 0 Å². The summed E-state index contributed by atoms with van der Waals surface area (Å²) in [4.78, 5) is 16.1. The van der Waals surface area contributed by atoms with E-state index in [9.17, 15) is 4.79 Å². The van der Waals surface area contributed by atoms with E-state index >= 15 is 0 Å². The fourth-order valence-corrected chi connectivity index (χ4v) is 2.00. The molecule has 0 aromatic rings. The minimum absolute atomic E-state index is 0.267. The molecule has 0 atom stereocenters. The van der Waals surface area contributed by atoms with Crippen LogP contribution in [0, 0.1) is 0 Å². The Labute approximate surface area is 80.7 Å². The van der Waals surface area contributed by atoms with Gasteiger partial charge in [-0.3, -0.25) is 9.69 Å². The predicted molar refractivity (Wildman–Crippen MR) is 53.6 cm³/mol.